The molecule has 9 heteroatoms. The van der Waals surface area contributed by atoms with Crippen molar-refractivity contribution < 1.29 is 18.0 Å². The van der Waals surface area contributed by atoms with Crippen LogP contribution < -0.4 is 11.3 Å². The van der Waals surface area contributed by atoms with E-state index in [0.717, 1.165) is 56.6 Å². The fourth-order valence-corrected chi connectivity index (χ4v) is 6.77. The molecule has 2 amide bonds. The molecule has 1 aromatic heterocycles. The SMILES string of the molecule is N[C@@H]1CCN(C(=O)N2CCC(Cn3ccc(C(F)(F)F)cc3=O)C3(CCCC3)C2)[C@H](c2ccccc2)C1. The first-order chi connectivity index (χ1) is 17.7. The van der Waals surface area contributed by atoms with Crippen molar-refractivity contribution >= 4 is 6.03 Å². The number of alkyl halides is 3. The third kappa shape index (κ3) is 5.28. The molecule has 3 fully saturated rings. The van der Waals surface area contributed by atoms with Crippen LogP contribution in [-0.2, 0) is 12.7 Å². The predicted molar refractivity (Wildman–Crippen MR) is 135 cm³/mol. The highest BCUT2D eigenvalue weighted by atomic mass is 19.4. The van der Waals surface area contributed by atoms with Crippen LogP contribution in [0.2, 0.25) is 0 Å². The summed E-state index contributed by atoms with van der Waals surface area (Å²) in [5.41, 5.74) is 5.72. The Morgan fingerprint density at radius 1 is 1.05 bits per heavy atom. The molecule has 200 valence electrons. The molecule has 1 aromatic carbocycles. The van der Waals surface area contributed by atoms with Crippen molar-refractivity contribution in [3.05, 3.63) is 70.1 Å². The Kier molecular flexibility index (Phi) is 7.09. The van der Waals surface area contributed by atoms with Crippen molar-refractivity contribution in [2.45, 2.75) is 69.8 Å². The van der Waals surface area contributed by atoms with Gasteiger partial charge in [0.05, 0.1) is 11.6 Å². The fraction of sp³-hybridized carbons (Fsp3) is 0.571. The van der Waals surface area contributed by atoms with Gasteiger partial charge in [0.25, 0.3) is 5.56 Å². The van der Waals surface area contributed by atoms with Gasteiger partial charge < -0.3 is 20.1 Å². The first-order valence-electron chi connectivity index (χ1n) is 13.3. The van der Waals surface area contributed by atoms with Gasteiger partial charge in [0, 0.05) is 44.5 Å². The molecule has 0 radical (unpaired) electrons. The van der Waals surface area contributed by atoms with Gasteiger partial charge in [-0.05, 0) is 55.1 Å². The summed E-state index contributed by atoms with van der Waals surface area (Å²) in [5, 5.41) is 0. The van der Waals surface area contributed by atoms with Crippen LogP contribution in [0.3, 0.4) is 0 Å². The molecule has 2 aromatic rings. The second kappa shape index (κ2) is 10.2. The molecule has 6 nitrogen and oxygen atoms in total. The van der Waals surface area contributed by atoms with Gasteiger partial charge in [-0.2, -0.15) is 13.2 Å². The second-order valence-electron chi connectivity index (χ2n) is 11.1. The van der Waals surface area contributed by atoms with Gasteiger partial charge in [0.1, 0.15) is 0 Å². The van der Waals surface area contributed by atoms with E-state index in [1.807, 2.05) is 28.0 Å². The molecule has 1 unspecified atom stereocenters. The number of piperidine rings is 2. The molecule has 3 heterocycles. The smallest absolute Gasteiger partial charge is 0.328 e. The third-order valence-corrected chi connectivity index (χ3v) is 8.80. The van der Waals surface area contributed by atoms with Crippen LogP contribution in [0.1, 0.15) is 62.1 Å². The number of nitrogens with zero attached hydrogens (tertiary/aromatic N) is 3. The maximum atomic E-state index is 13.9. The number of carbonyl (C=O) groups is 1. The standard InChI is InChI=1S/C28H35F3N4O2/c29-28(30,31)21-8-13-33(25(36)16-21)18-22-9-14-34(19-27(22)11-4-5-12-27)26(37)35-15-10-23(32)17-24(35)20-6-2-1-3-7-20/h1-3,6-8,13,16,22-24H,4-5,9-12,14-15,17-19,32H2/t22?,23-,24+/m1/s1. The van der Waals surface area contributed by atoms with Gasteiger partial charge in [-0.25, -0.2) is 4.79 Å². The number of pyridine rings is 1. The highest BCUT2D eigenvalue weighted by Crippen LogP contribution is 2.49. The third-order valence-electron chi connectivity index (χ3n) is 8.80. The Balaban J connectivity index is 1.34. The Morgan fingerprint density at radius 2 is 1.78 bits per heavy atom. The summed E-state index contributed by atoms with van der Waals surface area (Å²) in [4.78, 5) is 30.4. The summed E-state index contributed by atoms with van der Waals surface area (Å²) < 4.78 is 40.5. The maximum absolute atomic E-state index is 13.9. The molecule has 2 saturated heterocycles. The number of carbonyl (C=O) groups excluding carboxylic acids is 1. The zero-order chi connectivity index (χ0) is 26.2. The van der Waals surface area contributed by atoms with Gasteiger partial charge in [0.15, 0.2) is 0 Å². The number of amides is 2. The lowest BCUT2D eigenvalue weighted by Gasteiger charge is -2.49. The molecular weight excluding hydrogens is 481 g/mol. The van der Waals surface area contributed by atoms with Gasteiger partial charge in [-0.1, -0.05) is 43.2 Å². The molecule has 3 atom stereocenters. The fourth-order valence-electron chi connectivity index (χ4n) is 6.77. The zero-order valence-electron chi connectivity index (χ0n) is 21.0. The van der Waals surface area contributed by atoms with E-state index in [0.29, 0.717) is 32.2 Å². The number of likely N-dealkylation sites (tertiary alicyclic amines) is 2. The topological polar surface area (TPSA) is 71.6 Å². The van der Waals surface area contributed by atoms with Crippen LogP contribution in [0.25, 0.3) is 0 Å². The molecule has 2 N–H and O–H groups in total. The van der Waals surface area contributed by atoms with Gasteiger partial charge in [0.2, 0.25) is 0 Å². The number of aromatic nitrogens is 1. The maximum Gasteiger partial charge on any atom is 0.416 e. The van der Waals surface area contributed by atoms with E-state index >= 15 is 0 Å². The van der Waals surface area contributed by atoms with Crippen molar-refractivity contribution in [3.8, 4) is 0 Å². The van der Waals surface area contributed by atoms with Crippen LogP contribution in [0.4, 0.5) is 18.0 Å². The molecule has 37 heavy (non-hydrogen) atoms. The van der Waals surface area contributed by atoms with E-state index in [4.69, 9.17) is 5.73 Å². The van der Waals surface area contributed by atoms with Crippen LogP contribution in [0, 0.1) is 11.3 Å². The van der Waals surface area contributed by atoms with Crippen molar-refractivity contribution in [1.82, 2.24) is 14.4 Å². The molecule has 1 aliphatic carbocycles. The number of benzene rings is 1. The van der Waals surface area contributed by atoms with Crippen LogP contribution in [0.15, 0.2) is 53.5 Å². The second-order valence-corrected chi connectivity index (χ2v) is 11.1. The van der Waals surface area contributed by atoms with Crippen LogP contribution in [0.5, 0.6) is 0 Å². The molecule has 3 aliphatic rings. The Labute approximate surface area is 215 Å². The van der Waals surface area contributed by atoms with Crippen molar-refractivity contribution in [2.24, 2.45) is 17.1 Å². The van der Waals surface area contributed by atoms with Gasteiger partial charge in [-0.3, -0.25) is 4.79 Å². The summed E-state index contributed by atoms with van der Waals surface area (Å²) in [7, 11) is 0. The minimum absolute atomic E-state index is 0.0391. The Bertz CT molecular complexity index is 1160. The van der Waals surface area contributed by atoms with Crippen molar-refractivity contribution in [2.75, 3.05) is 19.6 Å². The van der Waals surface area contributed by atoms with E-state index < -0.39 is 17.3 Å². The summed E-state index contributed by atoms with van der Waals surface area (Å²) >= 11 is 0. The van der Waals surface area contributed by atoms with E-state index in [1.165, 1.54) is 10.8 Å². The molecule has 1 spiro atoms. The largest absolute Gasteiger partial charge is 0.416 e. The Hall–Kier alpha value is -2.81. The van der Waals surface area contributed by atoms with Crippen LogP contribution >= 0.6 is 0 Å². The number of hydrogen-bond donors (Lipinski definition) is 1. The summed E-state index contributed by atoms with van der Waals surface area (Å²) in [6.07, 6.45) is 3.01. The number of urea groups is 1. The average Bonchev–Trinajstić information content (AvgIpc) is 3.34. The van der Waals surface area contributed by atoms with E-state index in [9.17, 15) is 22.8 Å². The lowest BCUT2D eigenvalue weighted by Crippen LogP contribution is -2.56. The zero-order valence-corrected chi connectivity index (χ0v) is 21.0. The summed E-state index contributed by atoms with van der Waals surface area (Å²) in [6.45, 7) is 2.19. The van der Waals surface area contributed by atoms with Gasteiger partial charge in [-0.15, -0.1) is 0 Å². The minimum Gasteiger partial charge on any atom is -0.328 e. The lowest BCUT2D eigenvalue weighted by atomic mass is 9.69. The monoisotopic (exact) mass is 516 g/mol. The number of rotatable bonds is 3. The highest BCUT2D eigenvalue weighted by molar-refractivity contribution is 5.75. The number of nitrogens with two attached hydrogens (primary N) is 1. The predicted octanol–water partition coefficient (Wildman–Crippen LogP) is 5.03. The van der Waals surface area contributed by atoms with Gasteiger partial charge >= 0.3 is 12.2 Å². The minimum atomic E-state index is -4.54. The van der Waals surface area contributed by atoms with Crippen molar-refractivity contribution in [3.63, 3.8) is 0 Å². The average molecular weight is 517 g/mol. The first kappa shape index (κ1) is 25.8. The van der Waals surface area contributed by atoms with Crippen molar-refractivity contribution in [1.29, 1.82) is 0 Å². The normalized spacial score (nSPS) is 26.0. The van der Waals surface area contributed by atoms with E-state index in [2.05, 4.69) is 12.1 Å². The molecule has 2 aliphatic heterocycles. The summed E-state index contributed by atoms with van der Waals surface area (Å²) in [6, 6.07) is 11.7. The molecular formula is C28H35F3N4O2. The number of halogens is 3. The lowest BCUT2D eigenvalue weighted by molar-refractivity contribution is -0.137. The summed E-state index contributed by atoms with van der Waals surface area (Å²) in [5.74, 6) is 0.133. The molecule has 5 rings (SSSR count). The molecule has 0 bridgehead atoms. The Morgan fingerprint density at radius 3 is 2.46 bits per heavy atom. The highest BCUT2D eigenvalue weighted by Gasteiger charge is 2.47. The first-order valence-corrected chi connectivity index (χ1v) is 13.3. The molecule has 1 saturated carbocycles. The van der Waals surface area contributed by atoms with E-state index in [-0.39, 0.29) is 29.4 Å². The van der Waals surface area contributed by atoms with Crippen LogP contribution in [-0.4, -0.2) is 46.1 Å². The quantitative estimate of drug-likeness (QED) is 0.622. The number of hydrogen-bond acceptors (Lipinski definition) is 3. The van der Waals surface area contributed by atoms with E-state index in [1.54, 1.807) is 0 Å².